The molecule has 2 heteroatoms. The summed E-state index contributed by atoms with van der Waals surface area (Å²) in [5.74, 6) is 0. The molecule has 1 aliphatic rings. The van der Waals surface area contributed by atoms with Gasteiger partial charge in [-0.05, 0) is 54.9 Å². The van der Waals surface area contributed by atoms with Crippen molar-refractivity contribution in [3.63, 3.8) is 0 Å². The van der Waals surface area contributed by atoms with Crippen LogP contribution in [-0.4, -0.2) is 40.1 Å². The summed E-state index contributed by atoms with van der Waals surface area (Å²) in [6, 6.07) is 0. The van der Waals surface area contributed by atoms with Crippen LogP contribution in [0.25, 0.3) is 0 Å². The fourth-order valence-electron chi connectivity index (χ4n) is 2.75. The molecule has 1 heterocycles. The largest absolute Gasteiger partial charge is 0.283 e. The Balaban J connectivity index is 2.81. The molecule has 0 unspecified atom stereocenters. The Hall–Kier alpha value is -0.0800. The summed E-state index contributed by atoms with van der Waals surface area (Å²) in [5.41, 5.74) is 0.562. The first-order valence-corrected chi connectivity index (χ1v) is 6.17. The first-order chi connectivity index (χ1) is 6.64. The second-order valence-electron chi connectivity index (χ2n) is 6.71. The van der Waals surface area contributed by atoms with Gasteiger partial charge in [-0.25, -0.2) is 0 Å². The molecule has 0 spiro atoms. The zero-order valence-corrected chi connectivity index (χ0v) is 11.6. The van der Waals surface area contributed by atoms with E-state index in [1.807, 2.05) is 0 Å². The van der Waals surface area contributed by atoms with Crippen molar-refractivity contribution in [3.8, 4) is 0 Å². The van der Waals surface area contributed by atoms with Gasteiger partial charge in [-0.2, -0.15) is 0 Å². The summed E-state index contributed by atoms with van der Waals surface area (Å²) in [6.45, 7) is 18.7. The van der Waals surface area contributed by atoms with Gasteiger partial charge in [-0.3, -0.25) is 9.80 Å². The van der Waals surface area contributed by atoms with Crippen molar-refractivity contribution in [3.05, 3.63) is 0 Å². The van der Waals surface area contributed by atoms with Crippen LogP contribution in [-0.2, 0) is 0 Å². The average molecular weight is 212 g/mol. The lowest BCUT2D eigenvalue weighted by Crippen LogP contribution is -2.62. The van der Waals surface area contributed by atoms with Crippen LogP contribution < -0.4 is 0 Å². The molecule has 0 aromatic rings. The SMILES string of the molecule is CC1N(C(C)(C)C)CCCN1C(C)(C)C. The Kier molecular flexibility index (Phi) is 3.52. The molecule has 90 valence electrons. The minimum atomic E-state index is 0.281. The fraction of sp³-hybridized carbons (Fsp3) is 1.00. The Bertz CT molecular complexity index is 188. The van der Waals surface area contributed by atoms with Gasteiger partial charge in [0.1, 0.15) is 0 Å². The van der Waals surface area contributed by atoms with E-state index in [1.54, 1.807) is 0 Å². The van der Waals surface area contributed by atoms with E-state index in [1.165, 1.54) is 19.5 Å². The lowest BCUT2D eigenvalue weighted by molar-refractivity contribution is -0.0775. The molecule has 15 heavy (non-hydrogen) atoms. The van der Waals surface area contributed by atoms with Gasteiger partial charge in [0.05, 0.1) is 6.17 Å². The highest BCUT2D eigenvalue weighted by Gasteiger charge is 2.37. The van der Waals surface area contributed by atoms with E-state index >= 15 is 0 Å². The Morgan fingerprint density at radius 1 is 0.800 bits per heavy atom. The third-order valence-electron chi connectivity index (χ3n) is 3.42. The molecule has 0 amide bonds. The van der Waals surface area contributed by atoms with Gasteiger partial charge in [0.15, 0.2) is 0 Å². The van der Waals surface area contributed by atoms with Crippen LogP contribution in [0.1, 0.15) is 54.9 Å². The molecule has 0 saturated carbocycles. The number of rotatable bonds is 0. The standard InChI is InChI=1S/C13H28N2/c1-11-14(12(2,3)4)9-8-10-15(11)13(5,6)7/h11H,8-10H2,1-7H3. The maximum absolute atomic E-state index is 2.61. The van der Waals surface area contributed by atoms with E-state index in [-0.39, 0.29) is 11.1 Å². The summed E-state index contributed by atoms with van der Waals surface area (Å²) >= 11 is 0. The molecule has 0 aromatic heterocycles. The molecule has 0 atom stereocenters. The molecule has 0 aliphatic carbocycles. The van der Waals surface area contributed by atoms with Crippen molar-refractivity contribution in [2.75, 3.05) is 13.1 Å². The molecule has 0 bridgehead atoms. The van der Waals surface area contributed by atoms with Crippen molar-refractivity contribution in [1.29, 1.82) is 0 Å². The van der Waals surface area contributed by atoms with Crippen molar-refractivity contribution < 1.29 is 0 Å². The first kappa shape index (κ1) is 13.0. The second kappa shape index (κ2) is 4.06. The molecule has 1 fully saturated rings. The van der Waals surface area contributed by atoms with Crippen LogP contribution in [0.5, 0.6) is 0 Å². The third kappa shape index (κ3) is 2.94. The number of hydrogen-bond donors (Lipinski definition) is 0. The molecular formula is C13H28N2. The van der Waals surface area contributed by atoms with Crippen molar-refractivity contribution >= 4 is 0 Å². The van der Waals surface area contributed by atoms with E-state index in [0.717, 1.165) is 0 Å². The van der Waals surface area contributed by atoms with E-state index < -0.39 is 0 Å². The van der Waals surface area contributed by atoms with Crippen LogP contribution >= 0.6 is 0 Å². The van der Waals surface area contributed by atoms with Gasteiger partial charge >= 0.3 is 0 Å². The van der Waals surface area contributed by atoms with Gasteiger partial charge in [-0.15, -0.1) is 0 Å². The molecule has 1 aliphatic heterocycles. The lowest BCUT2D eigenvalue weighted by Gasteiger charge is -2.53. The topological polar surface area (TPSA) is 6.48 Å². The van der Waals surface area contributed by atoms with Gasteiger partial charge in [0, 0.05) is 24.2 Å². The van der Waals surface area contributed by atoms with E-state index in [0.29, 0.717) is 6.17 Å². The third-order valence-corrected chi connectivity index (χ3v) is 3.42. The van der Waals surface area contributed by atoms with Gasteiger partial charge < -0.3 is 0 Å². The van der Waals surface area contributed by atoms with E-state index in [4.69, 9.17) is 0 Å². The maximum atomic E-state index is 2.61. The van der Waals surface area contributed by atoms with Crippen LogP contribution in [0.3, 0.4) is 0 Å². The normalized spacial score (nSPS) is 23.4. The molecule has 1 saturated heterocycles. The Morgan fingerprint density at radius 3 is 1.40 bits per heavy atom. The lowest BCUT2D eigenvalue weighted by atomic mass is 9.98. The highest BCUT2D eigenvalue weighted by Crippen LogP contribution is 2.28. The maximum Gasteiger partial charge on any atom is 0.0602 e. The second-order valence-corrected chi connectivity index (χ2v) is 6.71. The predicted octanol–water partition coefficient (Wildman–Crippen LogP) is 2.94. The number of hydrogen-bond acceptors (Lipinski definition) is 2. The summed E-state index contributed by atoms with van der Waals surface area (Å²) in [5, 5.41) is 0. The molecular weight excluding hydrogens is 184 g/mol. The Labute approximate surface area is 95.6 Å². The van der Waals surface area contributed by atoms with Gasteiger partial charge in [0.2, 0.25) is 0 Å². The van der Waals surface area contributed by atoms with Crippen LogP contribution in [0.2, 0.25) is 0 Å². The van der Waals surface area contributed by atoms with E-state index in [9.17, 15) is 0 Å². The zero-order chi connectivity index (χ0) is 11.9. The fourth-order valence-corrected chi connectivity index (χ4v) is 2.75. The molecule has 0 aromatic carbocycles. The summed E-state index contributed by atoms with van der Waals surface area (Å²) in [4.78, 5) is 5.23. The summed E-state index contributed by atoms with van der Waals surface area (Å²) in [6.07, 6.45) is 1.84. The monoisotopic (exact) mass is 212 g/mol. The molecule has 0 radical (unpaired) electrons. The summed E-state index contributed by atoms with van der Waals surface area (Å²) < 4.78 is 0. The van der Waals surface area contributed by atoms with E-state index in [2.05, 4.69) is 58.3 Å². The molecule has 2 nitrogen and oxygen atoms in total. The highest BCUT2D eigenvalue weighted by molar-refractivity contribution is 4.89. The highest BCUT2D eigenvalue weighted by atomic mass is 15.4. The number of nitrogens with zero attached hydrogens (tertiary/aromatic N) is 2. The minimum absolute atomic E-state index is 0.281. The smallest absolute Gasteiger partial charge is 0.0602 e. The van der Waals surface area contributed by atoms with Crippen molar-refractivity contribution in [1.82, 2.24) is 9.80 Å². The molecule has 0 N–H and O–H groups in total. The van der Waals surface area contributed by atoms with Crippen molar-refractivity contribution in [2.24, 2.45) is 0 Å². The molecule has 1 rings (SSSR count). The minimum Gasteiger partial charge on any atom is -0.283 e. The van der Waals surface area contributed by atoms with Gasteiger partial charge in [-0.1, -0.05) is 0 Å². The predicted molar refractivity (Wildman–Crippen MR) is 67.0 cm³/mol. The zero-order valence-electron chi connectivity index (χ0n) is 11.6. The quantitative estimate of drug-likeness (QED) is 0.609. The van der Waals surface area contributed by atoms with Crippen LogP contribution in [0.15, 0.2) is 0 Å². The van der Waals surface area contributed by atoms with Crippen LogP contribution in [0.4, 0.5) is 0 Å². The van der Waals surface area contributed by atoms with Crippen LogP contribution in [0, 0.1) is 0 Å². The first-order valence-electron chi connectivity index (χ1n) is 6.17. The average Bonchev–Trinajstić information content (AvgIpc) is 1.99. The summed E-state index contributed by atoms with van der Waals surface area (Å²) in [7, 11) is 0. The van der Waals surface area contributed by atoms with Gasteiger partial charge in [0.25, 0.3) is 0 Å². The Morgan fingerprint density at radius 2 is 1.13 bits per heavy atom. The van der Waals surface area contributed by atoms with Crippen molar-refractivity contribution in [2.45, 2.75) is 72.1 Å².